The predicted molar refractivity (Wildman–Crippen MR) is 202 cm³/mol. The summed E-state index contributed by atoms with van der Waals surface area (Å²) in [6.07, 6.45) is -13.9. The van der Waals surface area contributed by atoms with Crippen molar-refractivity contribution >= 4 is 12.2 Å². The molecule has 11 N–H and O–H groups in total. The fourth-order valence-corrected chi connectivity index (χ4v) is 6.97. The Balaban J connectivity index is 1.15. The molecule has 12 atom stereocenters. The van der Waals surface area contributed by atoms with Crippen LogP contribution in [0.1, 0.15) is 34.5 Å². The van der Waals surface area contributed by atoms with E-state index in [0.717, 1.165) is 0 Å². The van der Waals surface area contributed by atoms with Gasteiger partial charge in [0.05, 0.1) is 20.3 Å². The van der Waals surface area contributed by atoms with E-state index in [4.69, 9.17) is 33.2 Å². The molecule has 0 saturated carbocycles. The second-order valence-electron chi connectivity index (χ2n) is 14.2. The number of hydrogen-bond acceptors (Lipinski definition) is 18. The molecule has 4 aromatic carbocycles. The number of hydrogen-bond donors (Lipinski definition) is 11. The molecule has 59 heavy (non-hydrogen) atoms. The van der Waals surface area contributed by atoms with E-state index in [-0.39, 0.29) is 34.5 Å². The van der Waals surface area contributed by atoms with E-state index in [9.17, 15) is 56.2 Å². The lowest BCUT2D eigenvalue weighted by molar-refractivity contribution is -0.277. The van der Waals surface area contributed by atoms with Crippen LogP contribution in [-0.4, -0.2) is 138 Å². The van der Waals surface area contributed by atoms with E-state index >= 15 is 0 Å². The molecule has 0 spiro atoms. The van der Waals surface area contributed by atoms with Crippen molar-refractivity contribution in [2.24, 2.45) is 0 Å². The molecule has 0 bridgehead atoms. The van der Waals surface area contributed by atoms with Gasteiger partial charge in [0.2, 0.25) is 12.6 Å². The van der Waals surface area contributed by atoms with Crippen LogP contribution in [0.5, 0.6) is 46.0 Å². The molecule has 3 aliphatic rings. The Hall–Kier alpha value is -5.38. The number of aromatic hydroxyl groups is 3. The quantitative estimate of drug-likeness (QED) is 0.0923. The molecule has 0 amide bonds. The fourth-order valence-electron chi connectivity index (χ4n) is 6.97. The molecule has 0 aliphatic carbocycles. The highest BCUT2D eigenvalue weighted by Crippen LogP contribution is 2.48. The number of aliphatic hydroxyl groups excluding tert-OH is 8. The second-order valence-corrected chi connectivity index (χ2v) is 14.2. The average Bonchev–Trinajstić information content (AvgIpc) is 3.22. The second kappa shape index (κ2) is 17.5. The Morgan fingerprint density at radius 3 is 1.71 bits per heavy atom. The van der Waals surface area contributed by atoms with Gasteiger partial charge in [-0.3, -0.25) is 0 Å². The summed E-state index contributed by atoms with van der Waals surface area (Å²) < 4.78 is 40.8. The van der Waals surface area contributed by atoms with Crippen molar-refractivity contribution in [3.63, 3.8) is 0 Å². The van der Waals surface area contributed by atoms with Crippen LogP contribution < -0.4 is 23.7 Å². The summed E-state index contributed by atoms with van der Waals surface area (Å²) in [4.78, 5) is 0. The van der Waals surface area contributed by atoms with E-state index in [0.29, 0.717) is 33.8 Å². The lowest BCUT2D eigenvalue weighted by atomic mass is 9.95. The SMILES string of the molecule is COc1cc([C@H]2Oc3cc(C=Cc4cc(O)cc(O[C@@H]5O[C@H](CO)[C@@H](O)[C@H](O)[C@H]5O)c4)ccc3O[C@@H]2c2cc(O)cc(O[C@@H]3O[C@H](CO)[C@@H](O)[C@H](O)[C@H]3O)c2)ccc1O. The van der Waals surface area contributed by atoms with Crippen LogP contribution in [0.15, 0.2) is 72.8 Å². The summed E-state index contributed by atoms with van der Waals surface area (Å²) in [5.41, 5.74) is 1.92. The lowest BCUT2D eigenvalue weighted by Gasteiger charge is -2.39. The Kier molecular flexibility index (Phi) is 12.4. The third kappa shape index (κ3) is 8.82. The summed E-state index contributed by atoms with van der Waals surface area (Å²) >= 11 is 0. The number of ether oxygens (including phenoxy) is 7. The number of phenolic OH excluding ortho intramolecular Hbond substituents is 3. The Morgan fingerprint density at radius 1 is 0.542 bits per heavy atom. The maximum atomic E-state index is 10.8. The minimum Gasteiger partial charge on any atom is -0.508 e. The number of aliphatic hydroxyl groups is 8. The number of rotatable bonds is 11. The molecule has 0 aromatic heterocycles. The van der Waals surface area contributed by atoms with E-state index < -0.39 is 86.8 Å². The molecule has 7 rings (SSSR count). The standard InChI is InChI=1S/C41H44O18/c1-53-28-13-20(5-6-26(28)46)38-39(21-11-23(45)15-25(12-21)55-41-37(52)35(50)33(48)31(17-43)59-41)56-27-7-4-18(10-29(27)57-38)2-3-19-8-22(44)14-24(9-19)54-40-36(51)34(49)32(47)30(16-42)58-40/h2-15,30-52H,16-17H2,1H3/t30-,31-,32-,33-,34+,35+,36-,37-,38-,39-,40-,41-/m1/s1. The van der Waals surface area contributed by atoms with Crippen molar-refractivity contribution in [3.8, 4) is 46.0 Å². The molecule has 3 heterocycles. The van der Waals surface area contributed by atoms with Crippen LogP contribution in [0.4, 0.5) is 0 Å². The van der Waals surface area contributed by atoms with Crippen LogP contribution in [0, 0.1) is 0 Å². The third-order valence-electron chi connectivity index (χ3n) is 10.1. The molecule has 18 heteroatoms. The van der Waals surface area contributed by atoms with Crippen molar-refractivity contribution in [3.05, 3.63) is 95.1 Å². The van der Waals surface area contributed by atoms with Gasteiger partial charge in [0.15, 0.2) is 35.2 Å². The van der Waals surface area contributed by atoms with E-state index in [1.54, 1.807) is 42.5 Å². The van der Waals surface area contributed by atoms with Gasteiger partial charge in [-0.05, 0) is 59.7 Å². The number of phenols is 3. The first-order valence-corrected chi connectivity index (χ1v) is 18.4. The van der Waals surface area contributed by atoms with Crippen molar-refractivity contribution in [1.29, 1.82) is 0 Å². The minimum atomic E-state index is -1.71. The normalized spacial score (nSPS) is 30.5. The van der Waals surface area contributed by atoms with Crippen molar-refractivity contribution in [2.75, 3.05) is 20.3 Å². The lowest BCUT2D eigenvalue weighted by Crippen LogP contribution is -2.60. The minimum absolute atomic E-state index is 0.0186. The van der Waals surface area contributed by atoms with Crippen molar-refractivity contribution in [1.82, 2.24) is 0 Å². The summed E-state index contributed by atoms with van der Waals surface area (Å²) in [6.45, 7) is -1.31. The highest BCUT2D eigenvalue weighted by atomic mass is 16.7. The van der Waals surface area contributed by atoms with Gasteiger partial charge in [0.1, 0.15) is 71.8 Å². The molecule has 18 nitrogen and oxygen atoms in total. The van der Waals surface area contributed by atoms with Crippen molar-refractivity contribution in [2.45, 2.75) is 73.6 Å². The van der Waals surface area contributed by atoms with E-state index in [2.05, 4.69) is 0 Å². The zero-order chi connectivity index (χ0) is 42.1. The first-order valence-electron chi connectivity index (χ1n) is 18.4. The topological polar surface area (TPSA) is 287 Å². The van der Waals surface area contributed by atoms with Crippen LogP contribution in [0.3, 0.4) is 0 Å². The van der Waals surface area contributed by atoms with Gasteiger partial charge in [-0.15, -0.1) is 0 Å². The van der Waals surface area contributed by atoms with E-state index in [1.807, 2.05) is 0 Å². The largest absolute Gasteiger partial charge is 0.508 e. The smallest absolute Gasteiger partial charge is 0.229 e. The first-order chi connectivity index (χ1) is 28.3. The van der Waals surface area contributed by atoms with Gasteiger partial charge >= 0.3 is 0 Å². The van der Waals surface area contributed by atoms with E-state index in [1.165, 1.54) is 49.6 Å². The van der Waals surface area contributed by atoms with Gasteiger partial charge in [-0.1, -0.05) is 24.3 Å². The van der Waals surface area contributed by atoms with Gasteiger partial charge in [0, 0.05) is 23.3 Å². The highest BCUT2D eigenvalue weighted by molar-refractivity contribution is 5.72. The summed E-state index contributed by atoms with van der Waals surface area (Å²) in [5, 5.41) is 112. The third-order valence-corrected chi connectivity index (χ3v) is 10.1. The van der Waals surface area contributed by atoms with Crippen LogP contribution in [0.2, 0.25) is 0 Å². The number of benzene rings is 4. The van der Waals surface area contributed by atoms with Gasteiger partial charge < -0.3 is 89.3 Å². The molecule has 0 unspecified atom stereocenters. The molecule has 0 radical (unpaired) electrons. The van der Waals surface area contributed by atoms with Gasteiger partial charge in [0.25, 0.3) is 0 Å². The van der Waals surface area contributed by atoms with Gasteiger partial charge in [-0.2, -0.15) is 0 Å². The monoisotopic (exact) mass is 824 g/mol. The zero-order valence-electron chi connectivity index (χ0n) is 31.2. The zero-order valence-corrected chi connectivity index (χ0v) is 31.2. The van der Waals surface area contributed by atoms with Crippen LogP contribution in [-0.2, 0) is 9.47 Å². The first kappa shape index (κ1) is 41.8. The molecule has 4 aromatic rings. The summed E-state index contributed by atoms with van der Waals surface area (Å²) in [6, 6.07) is 18.0. The Morgan fingerprint density at radius 2 is 1.10 bits per heavy atom. The summed E-state index contributed by atoms with van der Waals surface area (Å²) in [5.74, 6) is 0.212. The summed E-state index contributed by atoms with van der Waals surface area (Å²) in [7, 11) is 1.39. The predicted octanol–water partition coefficient (Wildman–Crippen LogP) is 0.594. The highest BCUT2D eigenvalue weighted by Gasteiger charge is 2.46. The van der Waals surface area contributed by atoms with Crippen molar-refractivity contribution < 1.29 is 89.3 Å². The molecular weight excluding hydrogens is 780 g/mol. The van der Waals surface area contributed by atoms with Crippen LogP contribution >= 0.6 is 0 Å². The molecular formula is C41H44O18. The van der Waals surface area contributed by atoms with Gasteiger partial charge in [-0.25, -0.2) is 0 Å². The van der Waals surface area contributed by atoms with Crippen LogP contribution in [0.25, 0.3) is 12.2 Å². The molecule has 2 saturated heterocycles. The molecule has 316 valence electrons. The molecule has 2 fully saturated rings. The number of methoxy groups -OCH3 is 1. The average molecular weight is 825 g/mol. The maximum Gasteiger partial charge on any atom is 0.229 e. The number of fused-ring (bicyclic) bond motifs is 1. The fraction of sp³-hybridized carbons (Fsp3) is 0.366. The molecule has 3 aliphatic heterocycles. The Bertz CT molecular complexity index is 2120. The maximum absolute atomic E-state index is 10.8. The Labute approximate surface area is 336 Å².